The predicted molar refractivity (Wildman–Crippen MR) is 170 cm³/mol. The van der Waals surface area contributed by atoms with Crippen LogP contribution in [-0.4, -0.2) is 68.8 Å². The summed E-state index contributed by atoms with van der Waals surface area (Å²) >= 11 is 0. The summed E-state index contributed by atoms with van der Waals surface area (Å²) in [4.78, 5) is 35.8. The first-order chi connectivity index (χ1) is 21.3. The van der Waals surface area contributed by atoms with Gasteiger partial charge in [-0.05, 0) is 68.8 Å². The number of hydrogen-bond acceptors (Lipinski definition) is 7. The van der Waals surface area contributed by atoms with Gasteiger partial charge in [-0.2, -0.15) is 0 Å². The Morgan fingerprint density at radius 1 is 0.955 bits per heavy atom. The molecule has 1 amide bonds. The number of aliphatic hydroxyl groups excluding tert-OH is 1. The van der Waals surface area contributed by atoms with Gasteiger partial charge in [-0.25, -0.2) is 4.98 Å². The van der Waals surface area contributed by atoms with Gasteiger partial charge in [0, 0.05) is 19.3 Å². The Kier molecular flexibility index (Phi) is 9.35. The molecule has 1 fully saturated rings. The van der Waals surface area contributed by atoms with E-state index < -0.39 is 17.7 Å². The molecule has 0 bridgehead atoms. The van der Waals surface area contributed by atoms with Gasteiger partial charge in [0.25, 0.3) is 11.7 Å². The first-order valence-electron chi connectivity index (χ1n) is 15.2. The number of likely N-dealkylation sites (N-methyl/N-ethyl adjacent to an activating group) is 1. The summed E-state index contributed by atoms with van der Waals surface area (Å²) in [5.74, 6) is -0.631. The van der Waals surface area contributed by atoms with Crippen molar-refractivity contribution in [2.24, 2.45) is 0 Å². The highest BCUT2D eigenvalue weighted by atomic mass is 16.5. The molecule has 0 saturated carbocycles. The van der Waals surface area contributed by atoms with Crippen molar-refractivity contribution in [1.29, 1.82) is 0 Å². The molecular weight excluding hydrogens is 556 g/mol. The number of carbonyl (C=O) groups is 2. The third-order valence-corrected chi connectivity index (χ3v) is 8.22. The van der Waals surface area contributed by atoms with Crippen LogP contribution < -0.4 is 9.47 Å². The molecule has 1 aliphatic heterocycles. The highest BCUT2D eigenvalue weighted by Crippen LogP contribution is 2.42. The Morgan fingerprint density at radius 3 is 2.39 bits per heavy atom. The van der Waals surface area contributed by atoms with Crippen LogP contribution in [0.4, 0.5) is 0 Å². The quantitative estimate of drug-likeness (QED) is 0.127. The largest absolute Gasteiger partial charge is 0.505 e. The highest BCUT2D eigenvalue weighted by molar-refractivity contribution is 6.46. The lowest BCUT2D eigenvalue weighted by Gasteiger charge is -2.28. The second-order valence-corrected chi connectivity index (χ2v) is 10.9. The summed E-state index contributed by atoms with van der Waals surface area (Å²) in [5, 5.41) is 11.8. The van der Waals surface area contributed by atoms with Crippen molar-refractivity contribution in [2.45, 2.75) is 47.3 Å². The maximum Gasteiger partial charge on any atom is 0.295 e. The van der Waals surface area contributed by atoms with E-state index in [4.69, 9.17) is 14.5 Å². The lowest BCUT2D eigenvalue weighted by Crippen LogP contribution is -2.38. The number of likely N-dealkylation sites (tertiary alicyclic amines) is 1. The van der Waals surface area contributed by atoms with Gasteiger partial charge in [-0.1, -0.05) is 56.3 Å². The van der Waals surface area contributed by atoms with Crippen LogP contribution in [0.1, 0.15) is 54.9 Å². The van der Waals surface area contributed by atoms with Crippen LogP contribution in [0.2, 0.25) is 0 Å². The Hall–Kier alpha value is -4.63. The average Bonchev–Trinajstić information content (AvgIpc) is 3.51. The van der Waals surface area contributed by atoms with Gasteiger partial charge in [0.15, 0.2) is 17.3 Å². The zero-order chi connectivity index (χ0) is 31.4. The number of aromatic nitrogens is 2. The molecule has 9 nitrogen and oxygen atoms in total. The van der Waals surface area contributed by atoms with Crippen LogP contribution in [0.15, 0.2) is 72.4 Å². The van der Waals surface area contributed by atoms with E-state index in [1.54, 1.807) is 17.0 Å². The minimum absolute atomic E-state index is 0.0131. The molecular formula is C35H40N4O5. The van der Waals surface area contributed by atoms with E-state index in [0.717, 1.165) is 24.2 Å². The molecule has 0 aliphatic carbocycles. The summed E-state index contributed by atoms with van der Waals surface area (Å²) in [6.45, 7) is 13.1. The van der Waals surface area contributed by atoms with Gasteiger partial charge in [0.2, 0.25) is 0 Å². The summed E-state index contributed by atoms with van der Waals surface area (Å²) in [6.07, 6.45) is 1.87. The normalized spacial score (nSPS) is 16.3. The van der Waals surface area contributed by atoms with Crippen LogP contribution in [0, 0.1) is 13.8 Å². The molecule has 0 radical (unpaired) electrons. The lowest BCUT2D eigenvalue weighted by molar-refractivity contribution is -0.140. The first kappa shape index (κ1) is 30.8. The fraction of sp³-hybridized carbons (Fsp3) is 0.343. The van der Waals surface area contributed by atoms with Gasteiger partial charge >= 0.3 is 0 Å². The number of pyridine rings is 1. The number of ketones is 1. The number of fused-ring (bicyclic) bond motifs is 1. The van der Waals surface area contributed by atoms with Crippen molar-refractivity contribution < 1.29 is 24.2 Å². The van der Waals surface area contributed by atoms with Crippen molar-refractivity contribution in [1.82, 2.24) is 19.2 Å². The number of aliphatic hydroxyl groups is 1. The Labute approximate surface area is 258 Å². The number of hydrogen-bond donors (Lipinski definition) is 1. The number of carbonyl (C=O) groups excluding carboxylic acids is 2. The van der Waals surface area contributed by atoms with Crippen molar-refractivity contribution in [3.8, 4) is 11.5 Å². The number of ether oxygens (including phenoxy) is 2. The molecule has 2 aromatic heterocycles. The second-order valence-electron chi connectivity index (χ2n) is 10.9. The molecule has 1 unspecified atom stereocenters. The number of nitrogens with zero attached hydrogens (tertiary/aromatic N) is 4. The predicted octanol–water partition coefficient (Wildman–Crippen LogP) is 5.69. The van der Waals surface area contributed by atoms with Crippen molar-refractivity contribution in [3.05, 3.63) is 101 Å². The molecule has 1 N–H and O–H groups in total. The van der Waals surface area contributed by atoms with Crippen LogP contribution >= 0.6 is 0 Å². The molecule has 9 heteroatoms. The zero-order valence-corrected chi connectivity index (χ0v) is 26.0. The molecule has 1 aliphatic rings. The van der Waals surface area contributed by atoms with Crippen molar-refractivity contribution in [2.75, 3.05) is 32.8 Å². The maximum atomic E-state index is 13.7. The molecule has 2 aromatic carbocycles. The summed E-state index contributed by atoms with van der Waals surface area (Å²) in [6, 6.07) is 18.3. The fourth-order valence-corrected chi connectivity index (χ4v) is 5.74. The minimum Gasteiger partial charge on any atom is -0.505 e. The van der Waals surface area contributed by atoms with Crippen LogP contribution in [0.5, 0.6) is 11.5 Å². The third kappa shape index (κ3) is 5.92. The number of aryl methyl sites for hydroxylation is 2. The summed E-state index contributed by atoms with van der Waals surface area (Å²) in [7, 11) is 0. The van der Waals surface area contributed by atoms with Crippen LogP contribution in [0.25, 0.3) is 11.4 Å². The Balaban J connectivity index is 1.61. The van der Waals surface area contributed by atoms with E-state index in [-0.39, 0.29) is 17.0 Å². The van der Waals surface area contributed by atoms with Gasteiger partial charge in [-0.15, -0.1) is 0 Å². The number of imidazole rings is 1. The standard InChI is InChI=1S/C35H40N4O5/c1-6-37(7-2)19-20-39-31(26-16-17-27(28(21-26)43-8-3)44-22-25-14-10-9-11-15-25)29(33(41)35(39)42)32(40)30-24(5)38-18-12-13-23(4)34(38)36-30/h9-18,21,31,40H,6-8,19-20,22H2,1-5H3/b32-29+. The van der Waals surface area contributed by atoms with E-state index in [1.807, 2.05) is 79.9 Å². The van der Waals surface area contributed by atoms with Crippen LogP contribution in [-0.2, 0) is 16.2 Å². The van der Waals surface area contributed by atoms with E-state index in [1.165, 1.54) is 0 Å². The first-order valence-corrected chi connectivity index (χ1v) is 15.2. The minimum atomic E-state index is -0.835. The molecule has 44 heavy (non-hydrogen) atoms. The Morgan fingerprint density at radius 2 is 1.70 bits per heavy atom. The van der Waals surface area contributed by atoms with Crippen molar-refractivity contribution in [3.63, 3.8) is 0 Å². The Bertz CT molecular complexity index is 1690. The molecule has 5 rings (SSSR count). The van der Waals surface area contributed by atoms with Gasteiger partial charge < -0.3 is 28.8 Å². The van der Waals surface area contributed by atoms with E-state index in [2.05, 4.69) is 18.7 Å². The van der Waals surface area contributed by atoms with E-state index >= 15 is 0 Å². The molecule has 4 aromatic rings. The van der Waals surface area contributed by atoms with Crippen molar-refractivity contribution >= 4 is 23.1 Å². The molecule has 1 atom stereocenters. The van der Waals surface area contributed by atoms with Gasteiger partial charge in [0.05, 0.1) is 23.9 Å². The summed E-state index contributed by atoms with van der Waals surface area (Å²) in [5.41, 5.74) is 4.22. The molecule has 1 saturated heterocycles. The third-order valence-electron chi connectivity index (χ3n) is 8.22. The number of Topliss-reactive ketones (excluding diaryl/α,β-unsaturated/α-hetero) is 1. The number of rotatable bonds is 12. The van der Waals surface area contributed by atoms with Gasteiger partial charge in [-0.3, -0.25) is 9.59 Å². The lowest BCUT2D eigenvalue weighted by atomic mass is 9.96. The zero-order valence-electron chi connectivity index (χ0n) is 26.0. The smallest absolute Gasteiger partial charge is 0.295 e. The van der Waals surface area contributed by atoms with E-state index in [9.17, 15) is 14.7 Å². The topological polar surface area (TPSA) is 96.6 Å². The summed E-state index contributed by atoms with van der Waals surface area (Å²) < 4.78 is 14.0. The van der Waals surface area contributed by atoms with E-state index in [0.29, 0.717) is 54.7 Å². The number of benzene rings is 2. The molecule has 0 spiro atoms. The number of amides is 1. The fourth-order valence-electron chi connectivity index (χ4n) is 5.74. The highest BCUT2D eigenvalue weighted by Gasteiger charge is 2.46. The maximum absolute atomic E-state index is 13.7. The monoisotopic (exact) mass is 596 g/mol. The molecule has 230 valence electrons. The average molecular weight is 597 g/mol. The second kappa shape index (κ2) is 13.3. The van der Waals surface area contributed by atoms with Crippen LogP contribution in [0.3, 0.4) is 0 Å². The SMILES string of the molecule is CCOc1cc(C2/C(=C(\O)c3nc4c(C)cccn4c3C)C(=O)C(=O)N2CCN(CC)CC)ccc1OCc1ccccc1. The van der Waals surface area contributed by atoms with Gasteiger partial charge in [0.1, 0.15) is 17.9 Å². The molecule has 3 heterocycles.